The fraction of sp³-hybridized carbons (Fsp3) is 0.176. The van der Waals surface area contributed by atoms with Gasteiger partial charge in [0.2, 0.25) is 0 Å². The normalized spacial score (nSPS) is 10.9. The molecular weight excluding hydrogens is 317 g/mol. The molecular formula is C17H15ClFN3O. The zero-order valence-electron chi connectivity index (χ0n) is 12.5. The van der Waals surface area contributed by atoms with Crippen molar-refractivity contribution in [3.05, 3.63) is 64.8 Å². The number of rotatable bonds is 4. The number of hydrogen-bond donors (Lipinski definition) is 1. The summed E-state index contributed by atoms with van der Waals surface area (Å²) >= 11 is 6.03. The number of aryl methyl sites for hydroxylation is 1. The number of carbonyl (C=O) groups excluding carboxylic acids is 1. The second kappa shape index (κ2) is 6.38. The highest BCUT2D eigenvalue weighted by atomic mass is 35.5. The van der Waals surface area contributed by atoms with Gasteiger partial charge in [0.15, 0.2) is 0 Å². The fourth-order valence-electron chi connectivity index (χ4n) is 2.48. The SMILES string of the molecule is CCCc1nc2ccc(Cl)cn2c1C(=O)Nc1cccc(F)c1. The van der Waals surface area contributed by atoms with Crippen LogP contribution in [0, 0.1) is 5.82 Å². The van der Waals surface area contributed by atoms with Gasteiger partial charge in [0, 0.05) is 11.9 Å². The summed E-state index contributed by atoms with van der Waals surface area (Å²) in [4.78, 5) is 17.2. The van der Waals surface area contributed by atoms with Crippen LogP contribution < -0.4 is 5.32 Å². The number of anilines is 1. The Morgan fingerprint density at radius 2 is 2.17 bits per heavy atom. The summed E-state index contributed by atoms with van der Waals surface area (Å²) in [6.07, 6.45) is 3.19. The van der Waals surface area contributed by atoms with Gasteiger partial charge in [-0.3, -0.25) is 9.20 Å². The first-order valence-corrected chi connectivity index (χ1v) is 7.69. The van der Waals surface area contributed by atoms with E-state index in [-0.39, 0.29) is 5.91 Å². The monoisotopic (exact) mass is 331 g/mol. The number of benzene rings is 1. The molecule has 0 fully saturated rings. The lowest BCUT2D eigenvalue weighted by molar-refractivity contribution is 0.102. The summed E-state index contributed by atoms with van der Waals surface area (Å²) in [6, 6.07) is 9.27. The van der Waals surface area contributed by atoms with Crippen LogP contribution in [0.2, 0.25) is 5.02 Å². The Balaban J connectivity index is 2.04. The molecule has 0 atom stereocenters. The number of fused-ring (bicyclic) bond motifs is 1. The Kier molecular flexibility index (Phi) is 4.30. The first-order valence-electron chi connectivity index (χ1n) is 7.32. The summed E-state index contributed by atoms with van der Waals surface area (Å²) in [7, 11) is 0. The molecule has 0 radical (unpaired) electrons. The van der Waals surface area contributed by atoms with Crippen LogP contribution in [-0.2, 0) is 6.42 Å². The molecule has 118 valence electrons. The molecule has 0 aliphatic carbocycles. The van der Waals surface area contributed by atoms with E-state index in [1.807, 2.05) is 6.92 Å². The van der Waals surface area contributed by atoms with Gasteiger partial charge >= 0.3 is 0 Å². The largest absolute Gasteiger partial charge is 0.321 e. The van der Waals surface area contributed by atoms with Gasteiger partial charge in [0.1, 0.15) is 17.2 Å². The van der Waals surface area contributed by atoms with Crippen LogP contribution in [0.5, 0.6) is 0 Å². The molecule has 1 amide bonds. The van der Waals surface area contributed by atoms with Gasteiger partial charge < -0.3 is 5.32 Å². The molecule has 3 aromatic rings. The van der Waals surface area contributed by atoms with E-state index in [9.17, 15) is 9.18 Å². The quantitative estimate of drug-likeness (QED) is 0.773. The van der Waals surface area contributed by atoms with E-state index in [0.717, 1.165) is 6.42 Å². The van der Waals surface area contributed by atoms with Crippen molar-refractivity contribution in [1.29, 1.82) is 0 Å². The number of pyridine rings is 1. The van der Waals surface area contributed by atoms with Crippen LogP contribution in [0.25, 0.3) is 5.65 Å². The topological polar surface area (TPSA) is 46.4 Å². The van der Waals surface area contributed by atoms with Crippen molar-refractivity contribution in [1.82, 2.24) is 9.38 Å². The molecule has 4 nitrogen and oxygen atoms in total. The number of nitrogens with zero attached hydrogens (tertiary/aromatic N) is 2. The van der Waals surface area contributed by atoms with Crippen LogP contribution in [0.1, 0.15) is 29.5 Å². The van der Waals surface area contributed by atoms with Crippen LogP contribution >= 0.6 is 11.6 Å². The van der Waals surface area contributed by atoms with Crippen molar-refractivity contribution in [2.75, 3.05) is 5.32 Å². The minimum absolute atomic E-state index is 0.339. The van der Waals surface area contributed by atoms with E-state index < -0.39 is 5.82 Å². The van der Waals surface area contributed by atoms with Crippen LogP contribution in [0.4, 0.5) is 10.1 Å². The molecule has 0 saturated heterocycles. The Morgan fingerprint density at radius 1 is 1.35 bits per heavy atom. The number of amides is 1. The first kappa shape index (κ1) is 15.5. The number of imidazole rings is 1. The predicted molar refractivity (Wildman–Crippen MR) is 88.6 cm³/mol. The smallest absolute Gasteiger partial charge is 0.274 e. The minimum Gasteiger partial charge on any atom is -0.321 e. The van der Waals surface area contributed by atoms with Gasteiger partial charge in [0.05, 0.1) is 10.7 Å². The Labute approximate surface area is 137 Å². The van der Waals surface area contributed by atoms with Gasteiger partial charge in [-0.15, -0.1) is 0 Å². The van der Waals surface area contributed by atoms with Crippen molar-refractivity contribution in [2.24, 2.45) is 0 Å². The molecule has 0 spiro atoms. The highest BCUT2D eigenvalue weighted by molar-refractivity contribution is 6.30. The maximum atomic E-state index is 13.3. The third kappa shape index (κ3) is 3.19. The van der Waals surface area contributed by atoms with E-state index in [1.54, 1.807) is 34.9 Å². The van der Waals surface area contributed by atoms with Crippen molar-refractivity contribution in [3.8, 4) is 0 Å². The molecule has 3 rings (SSSR count). The lowest BCUT2D eigenvalue weighted by atomic mass is 10.2. The molecule has 0 unspecified atom stereocenters. The van der Waals surface area contributed by atoms with E-state index >= 15 is 0 Å². The van der Waals surface area contributed by atoms with E-state index in [0.29, 0.717) is 34.2 Å². The molecule has 0 aliphatic heterocycles. The maximum Gasteiger partial charge on any atom is 0.274 e. The molecule has 2 heterocycles. The number of carbonyl (C=O) groups is 1. The van der Waals surface area contributed by atoms with Crippen molar-refractivity contribution in [2.45, 2.75) is 19.8 Å². The molecule has 1 N–H and O–H groups in total. The second-order valence-electron chi connectivity index (χ2n) is 5.20. The van der Waals surface area contributed by atoms with Crippen molar-refractivity contribution in [3.63, 3.8) is 0 Å². The minimum atomic E-state index is -0.405. The van der Waals surface area contributed by atoms with E-state index in [4.69, 9.17) is 11.6 Å². The Morgan fingerprint density at radius 3 is 2.91 bits per heavy atom. The molecule has 2 aromatic heterocycles. The van der Waals surface area contributed by atoms with Gasteiger partial charge in [-0.1, -0.05) is 31.0 Å². The summed E-state index contributed by atoms with van der Waals surface area (Å²) < 4.78 is 14.9. The molecule has 0 saturated carbocycles. The molecule has 0 aliphatic rings. The number of hydrogen-bond acceptors (Lipinski definition) is 2. The molecule has 1 aromatic carbocycles. The average molecular weight is 332 g/mol. The maximum absolute atomic E-state index is 13.3. The van der Waals surface area contributed by atoms with E-state index in [1.165, 1.54) is 12.1 Å². The summed E-state index contributed by atoms with van der Waals surface area (Å²) in [6.45, 7) is 2.02. The zero-order valence-corrected chi connectivity index (χ0v) is 13.3. The predicted octanol–water partition coefficient (Wildman–Crippen LogP) is 4.33. The lowest BCUT2D eigenvalue weighted by Crippen LogP contribution is -2.16. The third-order valence-corrected chi connectivity index (χ3v) is 3.66. The van der Waals surface area contributed by atoms with Crippen LogP contribution in [-0.4, -0.2) is 15.3 Å². The van der Waals surface area contributed by atoms with Crippen molar-refractivity contribution < 1.29 is 9.18 Å². The lowest BCUT2D eigenvalue weighted by Gasteiger charge is -2.07. The molecule has 23 heavy (non-hydrogen) atoms. The average Bonchev–Trinajstić information content (AvgIpc) is 2.85. The number of nitrogens with one attached hydrogen (secondary N) is 1. The van der Waals surface area contributed by atoms with Gasteiger partial charge in [-0.2, -0.15) is 0 Å². The molecule has 0 bridgehead atoms. The van der Waals surface area contributed by atoms with Gasteiger partial charge in [0.25, 0.3) is 5.91 Å². The zero-order chi connectivity index (χ0) is 16.4. The van der Waals surface area contributed by atoms with Crippen molar-refractivity contribution >= 4 is 28.8 Å². The Hall–Kier alpha value is -2.40. The first-order chi connectivity index (χ1) is 11.1. The van der Waals surface area contributed by atoms with Crippen LogP contribution in [0.3, 0.4) is 0 Å². The fourth-order valence-corrected chi connectivity index (χ4v) is 2.64. The second-order valence-corrected chi connectivity index (χ2v) is 5.63. The van der Waals surface area contributed by atoms with Gasteiger partial charge in [-0.25, -0.2) is 9.37 Å². The van der Waals surface area contributed by atoms with E-state index in [2.05, 4.69) is 10.3 Å². The van der Waals surface area contributed by atoms with Gasteiger partial charge in [-0.05, 0) is 36.8 Å². The standard InChI is InChI=1S/C17H15ClFN3O/c1-2-4-14-16(22-10-11(18)7-8-15(22)21-14)17(23)20-13-6-3-5-12(19)9-13/h3,5-10H,2,4H2,1H3,(H,20,23). The van der Waals surface area contributed by atoms with Crippen LogP contribution in [0.15, 0.2) is 42.6 Å². The highest BCUT2D eigenvalue weighted by Gasteiger charge is 2.19. The Bertz CT molecular complexity index is 875. The summed E-state index contributed by atoms with van der Waals surface area (Å²) in [5.74, 6) is -0.744. The summed E-state index contributed by atoms with van der Waals surface area (Å²) in [5.41, 5.74) is 2.17. The summed E-state index contributed by atoms with van der Waals surface area (Å²) in [5, 5.41) is 3.22. The molecule has 6 heteroatoms. The number of halogens is 2. The number of aromatic nitrogens is 2. The highest BCUT2D eigenvalue weighted by Crippen LogP contribution is 2.20. The third-order valence-electron chi connectivity index (χ3n) is 3.44.